The van der Waals surface area contributed by atoms with Gasteiger partial charge in [-0.2, -0.15) is 0 Å². The Hall–Kier alpha value is -1.06. The molecule has 4 fully saturated rings. The molecule has 1 aliphatic heterocycles. The van der Waals surface area contributed by atoms with Crippen LogP contribution < -0.4 is 5.32 Å². The smallest absolute Gasteiger partial charge is 0.404 e. The molecule has 14 nitrogen and oxygen atoms in total. The minimum absolute atomic E-state index is 0. The molecule has 1 saturated heterocycles. The summed E-state index contributed by atoms with van der Waals surface area (Å²) in [6.45, 7) is 6.78. The van der Waals surface area contributed by atoms with Crippen LogP contribution in [0.3, 0.4) is 0 Å². The number of ether oxygens (including phenoxy) is 3. The summed E-state index contributed by atoms with van der Waals surface area (Å²) in [5, 5.41) is 70.7. The zero-order valence-electron chi connectivity index (χ0n) is 31.2. The molecule has 5 aliphatic rings. The second-order valence-corrected chi connectivity index (χ2v) is 15.2. The molecule has 0 aromatic carbocycles. The van der Waals surface area contributed by atoms with E-state index in [1.54, 1.807) is 13.8 Å². The maximum Gasteiger partial charge on any atom is 0.404 e. The number of carboxylic acid groups (broad SMARTS) is 1. The first-order valence-corrected chi connectivity index (χ1v) is 17.4. The van der Waals surface area contributed by atoms with Crippen molar-refractivity contribution in [1.29, 1.82) is 0 Å². The number of fused-ring (bicyclic) bond motifs is 5. The summed E-state index contributed by atoms with van der Waals surface area (Å²) < 4.78 is 17.1. The molecule has 0 aromatic rings. The largest absolute Gasteiger partial charge is 0.465 e. The van der Waals surface area contributed by atoms with Crippen molar-refractivity contribution in [2.24, 2.45) is 22.7 Å². The Bertz CT molecular complexity index is 1640. The van der Waals surface area contributed by atoms with E-state index in [0.717, 1.165) is 26.2 Å². The summed E-state index contributed by atoms with van der Waals surface area (Å²) in [6, 6.07) is -1.16. The third-order valence-corrected chi connectivity index (χ3v) is 12.2. The Labute approximate surface area is 393 Å². The second kappa shape index (κ2) is 19.1. The van der Waals surface area contributed by atoms with E-state index >= 15 is 0 Å². The third-order valence-electron chi connectivity index (χ3n) is 12.2. The molecule has 298 valence electrons. The predicted molar refractivity (Wildman–Crippen MR) is 191 cm³/mol. The number of esters is 2. The van der Waals surface area contributed by atoms with Crippen molar-refractivity contribution >= 4 is 23.8 Å². The van der Waals surface area contributed by atoms with E-state index in [9.17, 15) is 49.8 Å². The molecule has 54 heavy (non-hydrogen) atoms. The van der Waals surface area contributed by atoms with Gasteiger partial charge in [-0.1, -0.05) is 33.1 Å². The maximum atomic E-state index is 14.3. The standard InChI is InChI=1S/C32H47NO13.C6H2.2Ac.4H2/c1-14-17(46-27(39)23(37)21(33-28(40)41)16-9-7-6-8-10-16)12-32(43)26(45-15(2)34)24-30(5,18(35)11-19-31(24,42)13-44-19)25(38)22(36)20(14)29(32,3)4;1-3-5-6-4-2;;;;;;/h16-19,21-24,26,33,35-37,42-43H,6-13H2,1-5H3,(H,40,41);1-2H;;;4*1H/t17?,18-,19+,21-,22+,23+,24-,26-,30+,31-,32+;;;;;;;/m0......./s1. The van der Waals surface area contributed by atoms with Crippen LogP contribution in [-0.4, -0.2) is 115 Å². The van der Waals surface area contributed by atoms with Crippen molar-refractivity contribution in [3.63, 3.8) is 0 Å². The van der Waals surface area contributed by atoms with Crippen LogP contribution >= 0.6 is 0 Å². The van der Waals surface area contributed by atoms with Crippen molar-refractivity contribution in [3.8, 4) is 36.5 Å². The van der Waals surface area contributed by atoms with Gasteiger partial charge in [0.25, 0.3) is 0 Å². The van der Waals surface area contributed by atoms with Gasteiger partial charge >= 0.3 is 18.0 Å². The summed E-state index contributed by atoms with van der Waals surface area (Å²) in [6.07, 6.45) is 1.85. The van der Waals surface area contributed by atoms with Gasteiger partial charge in [0, 0.05) is 125 Å². The molecule has 16 heteroatoms. The van der Waals surface area contributed by atoms with Crippen LogP contribution in [0.25, 0.3) is 0 Å². The van der Waals surface area contributed by atoms with E-state index in [4.69, 9.17) is 27.1 Å². The monoisotopic (exact) mass is 1190 g/mol. The molecule has 1 heterocycles. The molecule has 2 radical (unpaired) electrons. The fraction of sp³-hybridized carbons (Fsp3) is 0.684. The number of Topliss-reactive ketones (excluding diaryl/α,β-unsaturated/α-hetero) is 1. The molecular formula is C38H57Ac2NO13. The number of carbonyl (C=O) groups excluding carboxylic acids is 3. The van der Waals surface area contributed by atoms with Gasteiger partial charge in [0.2, 0.25) is 0 Å². The molecule has 5 rings (SSSR count). The molecule has 3 saturated carbocycles. The van der Waals surface area contributed by atoms with Crippen molar-refractivity contribution < 1.29 is 158 Å². The number of carbonyl (C=O) groups is 4. The molecule has 11 atom stereocenters. The molecule has 7 N–H and O–H groups in total. The van der Waals surface area contributed by atoms with Crippen LogP contribution in [0.15, 0.2) is 11.1 Å². The summed E-state index contributed by atoms with van der Waals surface area (Å²) in [4.78, 5) is 52.1. The second-order valence-electron chi connectivity index (χ2n) is 15.2. The van der Waals surface area contributed by atoms with Crippen LogP contribution in [0, 0.1) is 147 Å². The summed E-state index contributed by atoms with van der Waals surface area (Å²) >= 11 is 0. The number of hydrogen-bond donors (Lipinski definition) is 7. The number of aliphatic hydroxyl groups excluding tert-OH is 3. The summed E-state index contributed by atoms with van der Waals surface area (Å²) in [5.41, 5.74) is -7.29. The van der Waals surface area contributed by atoms with E-state index in [-0.39, 0.29) is 124 Å². The Morgan fingerprint density at radius 1 is 1.02 bits per heavy atom. The zero-order valence-corrected chi connectivity index (χ0v) is 40.7. The number of nitrogens with one attached hydrogen (secondary N) is 1. The minimum Gasteiger partial charge on any atom is -0.465 e. The predicted octanol–water partition coefficient (Wildman–Crippen LogP) is 1.59. The average Bonchev–Trinajstić information content (AvgIpc) is 3.08. The van der Waals surface area contributed by atoms with Gasteiger partial charge in [-0.05, 0) is 67.4 Å². The van der Waals surface area contributed by atoms with Crippen molar-refractivity contribution in [1.82, 2.24) is 5.32 Å². The first-order valence-electron chi connectivity index (χ1n) is 17.4. The molecule has 0 aromatic heterocycles. The van der Waals surface area contributed by atoms with Gasteiger partial charge < -0.3 is 50.2 Å². The summed E-state index contributed by atoms with van der Waals surface area (Å²) in [7, 11) is 0. The number of ketones is 1. The van der Waals surface area contributed by atoms with Crippen LogP contribution in [0.5, 0.6) is 0 Å². The molecular weight excluding hydrogens is 1130 g/mol. The van der Waals surface area contributed by atoms with Gasteiger partial charge in [0.05, 0.1) is 30.3 Å². The van der Waals surface area contributed by atoms with E-state index in [1.165, 1.54) is 13.8 Å². The Balaban J connectivity index is -0.00000234. The quantitative estimate of drug-likeness (QED) is 0.114. The minimum atomic E-state index is -2.22. The van der Waals surface area contributed by atoms with Crippen LogP contribution in [-0.2, 0) is 28.6 Å². The first kappa shape index (κ1) is 49.1. The molecule has 1 unspecified atom stereocenters. The van der Waals surface area contributed by atoms with Crippen LogP contribution in [0.2, 0.25) is 0 Å². The fourth-order valence-electron chi connectivity index (χ4n) is 9.32. The molecule has 0 spiro atoms. The van der Waals surface area contributed by atoms with Gasteiger partial charge in [-0.25, -0.2) is 9.59 Å². The maximum absolute atomic E-state index is 14.3. The van der Waals surface area contributed by atoms with Gasteiger partial charge in [-0.3, -0.25) is 9.59 Å². The van der Waals surface area contributed by atoms with Crippen molar-refractivity contribution in [2.75, 3.05) is 6.61 Å². The number of aliphatic hydroxyl groups is 5. The third kappa shape index (κ3) is 8.83. The van der Waals surface area contributed by atoms with Gasteiger partial charge in [0.1, 0.15) is 29.5 Å². The first-order chi connectivity index (χ1) is 24.2. The van der Waals surface area contributed by atoms with Crippen LogP contribution in [0.1, 0.15) is 85.3 Å². The van der Waals surface area contributed by atoms with Crippen molar-refractivity contribution in [3.05, 3.63) is 11.1 Å². The van der Waals surface area contributed by atoms with E-state index in [0.29, 0.717) is 12.8 Å². The topological polar surface area (TPSA) is 229 Å². The van der Waals surface area contributed by atoms with Gasteiger partial charge in [-0.15, -0.1) is 12.8 Å². The van der Waals surface area contributed by atoms with Crippen LogP contribution in [0.4, 0.5) is 4.79 Å². The van der Waals surface area contributed by atoms with E-state index in [1.807, 2.05) is 0 Å². The normalized spacial score (nSPS) is 36.0. The molecule has 1 amide bonds. The number of hydrogen-bond acceptors (Lipinski definition) is 12. The fourth-order valence-corrected chi connectivity index (χ4v) is 9.32. The Morgan fingerprint density at radius 2 is 1.59 bits per heavy atom. The average molecular weight is 1190 g/mol. The van der Waals surface area contributed by atoms with E-state index < -0.39 is 101 Å². The zero-order chi connectivity index (χ0) is 39.0. The molecule has 4 aliphatic carbocycles. The van der Waals surface area contributed by atoms with E-state index in [2.05, 4.69) is 29.0 Å². The Kier molecular flexibility index (Phi) is 17.4. The number of rotatable bonds is 6. The van der Waals surface area contributed by atoms with Crippen molar-refractivity contribution in [2.45, 2.75) is 133 Å². The number of amides is 1. The molecule has 2 bridgehead atoms. The SMILES string of the molecule is C#CC#CC#C.CC(=O)O[C@H]1[C@@H]2[C@]3(O)CO[C@@H]3C[C@H](O)[C@@]2(C)C(=O)[C@H](O)C2=C(C)C(OC(=O)[C@H](O)[C@@H](NC(=O)O)C3CCCCC3)C[C@]1(O)C2(C)C.[Ac].[Ac].[HH].[HH].[HH].[HH]. The summed E-state index contributed by atoms with van der Waals surface area (Å²) in [5.74, 6) is 3.93. The number of terminal acetylenes is 2. The Morgan fingerprint density at radius 3 is 2.07 bits per heavy atom. The van der Waals surface area contributed by atoms with Gasteiger partial charge in [0.15, 0.2) is 11.9 Å².